The molecule has 0 bridgehead atoms. The molecule has 0 atom stereocenters. The van der Waals surface area contributed by atoms with Crippen LogP contribution in [0.25, 0.3) is 0 Å². The van der Waals surface area contributed by atoms with Crippen molar-refractivity contribution in [2.75, 3.05) is 11.4 Å². The van der Waals surface area contributed by atoms with E-state index in [4.69, 9.17) is 5.73 Å². The van der Waals surface area contributed by atoms with E-state index in [9.17, 15) is 0 Å². The molecular weight excluding hydrogens is 232 g/mol. The van der Waals surface area contributed by atoms with Crippen molar-refractivity contribution in [1.29, 1.82) is 0 Å². The lowest BCUT2D eigenvalue weighted by molar-refractivity contribution is 0.309. The Balaban J connectivity index is 2.03. The Morgan fingerprint density at radius 2 is 1.68 bits per heavy atom. The molecule has 1 fully saturated rings. The summed E-state index contributed by atoms with van der Waals surface area (Å²) in [5.74, 6) is 0.967. The molecule has 0 radical (unpaired) electrons. The van der Waals surface area contributed by atoms with Gasteiger partial charge in [0.2, 0.25) is 0 Å². The van der Waals surface area contributed by atoms with Crippen molar-refractivity contribution < 1.29 is 0 Å². The van der Waals surface area contributed by atoms with Gasteiger partial charge in [0.05, 0.1) is 0 Å². The van der Waals surface area contributed by atoms with Gasteiger partial charge in [0.1, 0.15) is 0 Å². The topological polar surface area (TPSA) is 29.3 Å². The van der Waals surface area contributed by atoms with Gasteiger partial charge in [-0.1, -0.05) is 25.5 Å². The molecule has 0 heterocycles. The summed E-state index contributed by atoms with van der Waals surface area (Å²) in [7, 11) is 0. The highest BCUT2D eigenvalue weighted by molar-refractivity contribution is 5.48. The van der Waals surface area contributed by atoms with Gasteiger partial charge in [-0.25, -0.2) is 0 Å². The molecule has 2 nitrogen and oxygen atoms in total. The Morgan fingerprint density at radius 1 is 1.05 bits per heavy atom. The zero-order valence-electron chi connectivity index (χ0n) is 12.4. The van der Waals surface area contributed by atoms with E-state index in [1.165, 1.54) is 43.4 Å². The molecule has 0 unspecified atom stereocenters. The van der Waals surface area contributed by atoms with Gasteiger partial charge in [-0.15, -0.1) is 0 Å². The molecule has 0 saturated heterocycles. The number of rotatable bonds is 5. The first kappa shape index (κ1) is 14.4. The molecular formula is C17H28N2. The second-order valence-electron chi connectivity index (χ2n) is 5.74. The van der Waals surface area contributed by atoms with Crippen molar-refractivity contribution in [3.05, 3.63) is 29.8 Å². The second-order valence-corrected chi connectivity index (χ2v) is 5.74. The van der Waals surface area contributed by atoms with Crippen LogP contribution in [0.15, 0.2) is 24.3 Å². The predicted octanol–water partition coefficient (Wildman–Crippen LogP) is 3.94. The minimum atomic E-state index is 0.633. The largest absolute Gasteiger partial charge is 0.369 e. The molecule has 1 aliphatic rings. The van der Waals surface area contributed by atoms with Crippen LogP contribution in [-0.2, 0) is 6.54 Å². The minimum absolute atomic E-state index is 0.633. The molecule has 0 aliphatic heterocycles. The Hall–Kier alpha value is -1.02. The lowest BCUT2D eigenvalue weighted by Gasteiger charge is -2.37. The van der Waals surface area contributed by atoms with Crippen LogP contribution >= 0.6 is 0 Å². The summed E-state index contributed by atoms with van der Waals surface area (Å²) in [5, 5.41) is 0. The quantitative estimate of drug-likeness (QED) is 0.869. The summed E-state index contributed by atoms with van der Waals surface area (Å²) in [5.41, 5.74) is 8.25. The molecule has 1 aliphatic carbocycles. The van der Waals surface area contributed by atoms with Gasteiger partial charge in [-0.3, -0.25) is 0 Å². The van der Waals surface area contributed by atoms with Gasteiger partial charge in [0, 0.05) is 24.8 Å². The first-order valence-corrected chi connectivity index (χ1v) is 7.84. The number of nitrogens with zero attached hydrogens (tertiary/aromatic N) is 1. The van der Waals surface area contributed by atoms with Crippen molar-refractivity contribution in [2.45, 2.75) is 58.5 Å². The first-order valence-electron chi connectivity index (χ1n) is 7.84. The van der Waals surface area contributed by atoms with Crippen molar-refractivity contribution in [3.63, 3.8) is 0 Å². The smallest absolute Gasteiger partial charge is 0.0368 e. The second kappa shape index (κ2) is 6.95. The molecule has 0 spiro atoms. The van der Waals surface area contributed by atoms with Crippen LogP contribution in [0.5, 0.6) is 0 Å². The van der Waals surface area contributed by atoms with Gasteiger partial charge in [0.15, 0.2) is 0 Å². The number of hydrogen-bond acceptors (Lipinski definition) is 2. The Bertz CT molecular complexity index is 363. The van der Waals surface area contributed by atoms with Crippen molar-refractivity contribution in [1.82, 2.24) is 0 Å². The van der Waals surface area contributed by atoms with E-state index in [1.54, 1.807) is 0 Å². The van der Waals surface area contributed by atoms with Crippen molar-refractivity contribution in [3.8, 4) is 0 Å². The van der Waals surface area contributed by atoms with Gasteiger partial charge in [0.25, 0.3) is 0 Å². The summed E-state index contributed by atoms with van der Waals surface area (Å²) in [6, 6.07) is 9.53. The van der Waals surface area contributed by atoms with E-state index < -0.39 is 0 Å². The predicted molar refractivity (Wildman–Crippen MR) is 83.4 cm³/mol. The van der Waals surface area contributed by atoms with Crippen molar-refractivity contribution >= 4 is 5.69 Å². The van der Waals surface area contributed by atoms with E-state index >= 15 is 0 Å². The summed E-state index contributed by atoms with van der Waals surface area (Å²) in [4.78, 5) is 2.58. The standard InChI is InChI=1S/C17H28N2/c1-3-14-5-9-16(10-6-14)19(4-2)17-11-7-15(13-18)8-12-17/h7-8,11-12,14,16H,3-6,9-10,13,18H2,1-2H3. The van der Waals surface area contributed by atoms with Crippen LogP contribution in [-0.4, -0.2) is 12.6 Å². The van der Waals surface area contributed by atoms with Crippen LogP contribution in [0.2, 0.25) is 0 Å². The maximum atomic E-state index is 5.67. The molecule has 106 valence electrons. The Labute approximate surface area is 118 Å². The van der Waals surface area contributed by atoms with Crippen molar-refractivity contribution in [2.24, 2.45) is 11.7 Å². The molecule has 19 heavy (non-hydrogen) atoms. The van der Waals surface area contributed by atoms with Crippen LogP contribution in [0.1, 0.15) is 51.5 Å². The summed E-state index contributed by atoms with van der Waals surface area (Å²) in [6.45, 7) is 6.33. The zero-order chi connectivity index (χ0) is 13.7. The summed E-state index contributed by atoms with van der Waals surface area (Å²) >= 11 is 0. The highest BCUT2D eigenvalue weighted by atomic mass is 15.2. The fraction of sp³-hybridized carbons (Fsp3) is 0.647. The van der Waals surface area contributed by atoms with Gasteiger partial charge in [-0.2, -0.15) is 0 Å². The van der Waals surface area contributed by atoms with E-state index in [-0.39, 0.29) is 0 Å². The number of benzene rings is 1. The molecule has 2 N–H and O–H groups in total. The van der Waals surface area contributed by atoms with E-state index in [0.717, 1.165) is 18.5 Å². The van der Waals surface area contributed by atoms with E-state index in [2.05, 4.69) is 43.0 Å². The molecule has 0 amide bonds. The third-order valence-corrected chi connectivity index (χ3v) is 4.68. The molecule has 1 saturated carbocycles. The van der Waals surface area contributed by atoms with Gasteiger partial charge in [-0.05, 0) is 56.2 Å². The number of hydrogen-bond donors (Lipinski definition) is 1. The van der Waals surface area contributed by atoms with E-state index in [1.807, 2.05) is 0 Å². The average Bonchev–Trinajstić information content (AvgIpc) is 2.49. The SMILES string of the molecule is CCC1CCC(N(CC)c2ccc(CN)cc2)CC1. The summed E-state index contributed by atoms with van der Waals surface area (Å²) < 4.78 is 0. The van der Waals surface area contributed by atoms with E-state index in [0.29, 0.717) is 6.54 Å². The average molecular weight is 260 g/mol. The van der Waals surface area contributed by atoms with Crippen LogP contribution in [0.4, 0.5) is 5.69 Å². The number of anilines is 1. The monoisotopic (exact) mass is 260 g/mol. The zero-order valence-corrected chi connectivity index (χ0v) is 12.4. The molecule has 2 rings (SSSR count). The molecule has 2 heteroatoms. The summed E-state index contributed by atoms with van der Waals surface area (Å²) in [6.07, 6.45) is 6.86. The molecule has 0 aromatic heterocycles. The fourth-order valence-corrected chi connectivity index (χ4v) is 3.34. The normalized spacial score (nSPS) is 23.3. The third-order valence-electron chi connectivity index (χ3n) is 4.68. The molecule has 1 aromatic carbocycles. The Kier molecular flexibility index (Phi) is 5.26. The van der Waals surface area contributed by atoms with Crippen LogP contribution < -0.4 is 10.6 Å². The lowest BCUT2D eigenvalue weighted by atomic mass is 9.84. The highest BCUT2D eigenvalue weighted by Crippen LogP contribution is 2.31. The lowest BCUT2D eigenvalue weighted by Crippen LogP contribution is -2.38. The molecule has 1 aromatic rings. The Morgan fingerprint density at radius 3 is 2.16 bits per heavy atom. The van der Waals surface area contributed by atoms with Crippen LogP contribution in [0.3, 0.4) is 0 Å². The third kappa shape index (κ3) is 3.50. The maximum Gasteiger partial charge on any atom is 0.0368 e. The maximum absolute atomic E-state index is 5.67. The minimum Gasteiger partial charge on any atom is -0.369 e. The van der Waals surface area contributed by atoms with Gasteiger partial charge < -0.3 is 10.6 Å². The van der Waals surface area contributed by atoms with Gasteiger partial charge >= 0.3 is 0 Å². The fourth-order valence-electron chi connectivity index (χ4n) is 3.34. The van der Waals surface area contributed by atoms with Crippen LogP contribution in [0, 0.1) is 5.92 Å². The first-order chi connectivity index (χ1) is 9.28. The number of nitrogens with two attached hydrogens (primary N) is 1. The highest BCUT2D eigenvalue weighted by Gasteiger charge is 2.24.